The van der Waals surface area contributed by atoms with Crippen molar-refractivity contribution in [1.82, 2.24) is 9.62 Å². The van der Waals surface area contributed by atoms with E-state index < -0.39 is 27.9 Å². The van der Waals surface area contributed by atoms with Gasteiger partial charge in [-0.05, 0) is 36.2 Å². The molecule has 1 heterocycles. The predicted molar refractivity (Wildman–Crippen MR) is 124 cm³/mol. The molecule has 0 unspecified atom stereocenters. The van der Waals surface area contributed by atoms with Crippen molar-refractivity contribution in [2.45, 2.75) is 24.8 Å². The summed E-state index contributed by atoms with van der Waals surface area (Å²) in [5, 5.41) is 5.50. The van der Waals surface area contributed by atoms with Gasteiger partial charge in [0.05, 0.1) is 15.5 Å². The highest BCUT2D eigenvalue weighted by atomic mass is 35.5. The van der Waals surface area contributed by atoms with Gasteiger partial charge in [-0.3, -0.25) is 9.59 Å². The number of nitrogens with zero attached hydrogens (tertiary/aromatic N) is 1. The van der Waals surface area contributed by atoms with Crippen LogP contribution in [0.25, 0.3) is 0 Å². The number of anilines is 1. The fourth-order valence-corrected chi connectivity index (χ4v) is 4.28. The average molecular weight is 496 g/mol. The maximum Gasteiger partial charge on any atom is 0.253 e. The number of hydrogen-bond acceptors (Lipinski definition) is 6. The van der Waals surface area contributed by atoms with Crippen LogP contribution in [0.2, 0.25) is 5.02 Å². The lowest BCUT2D eigenvalue weighted by Gasteiger charge is -2.23. The molecule has 2 amide bonds. The van der Waals surface area contributed by atoms with Crippen LogP contribution in [0, 0.1) is 5.92 Å². The molecule has 0 aromatic heterocycles. The summed E-state index contributed by atoms with van der Waals surface area (Å²) in [6, 6.07) is 7.98. The van der Waals surface area contributed by atoms with Crippen LogP contribution < -0.4 is 20.1 Å². The molecule has 3 rings (SSSR count). The van der Waals surface area contributed by atoms with Gasteiger partial charge in [-0.1, -0.05) is 25.4 Å². The minimum atomic E-state index is -3.77. The zero-order chi connectivity index (χ0) is 24.3. The van der Waals surface area contributed by atoms with Gasteiger partial charge in [0.15, 0.2) is 11.5 Å². The summed E-state index contributed by atoms with van der Waals surface area (Å²) in [4.78, 5) is 25.8. The van der Waals surface area contributed by atoms with E-state index in [-0.39, 0.29) is 21.4 Å². The van der Waals surface area contributed by atoms with E-state index in [0.29, 0.717) is 30.4 Å². The van der Waals surface area contributed by atoms with Gasteiger partial charge in [0.25, 0.3) is 5.91 Å². The van der Waals surface area contributed by atoms with E-state index in [2.05, 4.69) is 10.6 Å². The zero-order valence-electron chi connectivity index (χ0n) is 18.7. The van der Waals surface area contributed by atoms with Crippen molar-refractivity contribution in [3.63, 3.8) is 0 Å². The molecule has 178 valence electrons. The summed E-state index contributed by atoms with van der Waals surface area (Å²) in [5.41, 5.74) is 0.443. The van der Waals surface area contributed by atoms with E-state index in [9.17, 15) is 18.0 Å². The van der Waals surface area contributed by atoms with Gasteiger partial charge < -0.3 is 20.1 Å². The second kappa shape index (κ2) is 9.98. The van der Waals surface area contributed by atoms with E-state index in [0.717, 1.165) is 4.31 Å². The van der Waals surface area contributed by atoms with E-state index in [1.165, 1.54) is 32.3 Å². The first kappa shape index (κ1) is 24.8. The summed E-state index contributed by atoms with van der Waals surface area (Å²) in [7, 11) is -0.987. The van der Waals surface area contributed by atoms with E-state index in [1.807, 2.05) is 0 Å². The fraction of sp³-hybridized carbons (Fsp3) is 0.364. The lowest BCUT2D eigenvalue weighted by atomic mass is 10.0. The van der Waals surface area contributed by atoms with Gasteiger partial charge in [-0.15, -0.1) is 0 Å². The van der Waals surface area contributed by atoms with Crippen LogP contribution >= 0.6 is 11.6 Å². The highest BCUT2D eigenvalue weighted by Crippen LogP contribution is 2.32. The molecule has 0 saturated heterocycles. The number of fused-ring (bicyclic) bond motifs is 1. The maximum absolute atomic E-state index is 13.0. The van der Waals surface area contributed by atoms with Crippen LogP contribution in [-0.4, -0.2) is 57.9 Å². The van der Waals surface area contributed by atoms with Crippen LogP contribution in [0.3, 0.4) is 0 Å². The Bertz CT molecular complexity index is 1170. The Kier molecular flexibility index (Phi) is 7.51. The quantitative estimate of drug-likeness (QED) is 0.610. The number of benzene rings is 2. The number of nitrogens with one attached hydrogen (secondary N) is 2. The normalized spacial score (nSPS) is 14.2. The first-order valence-corrected chi connectivity index (χ1v) is 12.1. The number of hydrogen-bond donors (Lipinski definition) is 2. The topological polar surface area (TPSA) is 114 Å². The minimum absolute atomic E-state index is 0.0441. The van der Waals surface area contributed by atoms with Gasteiger partial charge >= 0.3 is 0 Å². The Morgan fingerprint density at radius 2 is 1.70 bits per heavy atom. The lowest BCUT2D eigenvalue weighted by molar-refractivity contribution is -0.118. The molecule has 0 saturated carbocycles. The van der Waals surface area contributed by atoms with Gasteiger partial charge in [-0.25, -0.2) is 12.7 Å². The first-order valence-electron chi connectivity index (χ1n) is 10.2. The SMILES string of the molecule is CC(C)[C@@H](NC(=O)c1cc(S(=O)(=O)N(C)C)ccc1Cl)C(=O)Nc1ccc2c(c1)OCCO2. The van der Waals surface area contributed by atoms with Crippen LogP contribution in [0.1, 0.15) is 24.2 Å². The smallest absolute Gasteiger partial charge is 0.253 e. The third-order valence-electron chi connectivity index (χ3n) is 5.01. The molecule has 11 heteroatoms. The Morgan fingerprint density at radius 3 is 2.33 bits per heavy atom. The van der Waals surface area contributed by atoms with Crippen molar-refractivity contribution in [3.05, 3.63) is 47.0 Å². The van der Waals surface area contributed by atoms with Gasteiger partial charge in [0, 0.05) is 25.8 Å². The largest absolute Gasteiger partial charge is 0.486 e. The van der Waals surface area contributed by atoms with Gasteiger partial charge in [0.1, 0.15) is 19.3 Å². The van der Waals surface area contributed by atoms with Crippen molar-refractivity contribution in [1.29, 1.82) is 0 Å². The van der Waals surface area contributed by atoms with Gasteiger partial charge in [0.2, 0.25) is 15.9 Å². The van der Waals surface area contributed by atoms with E-state index in [1.54, 1.807) is 32.0 Å². The lowest BCUT2D eigenvalue weighted by Crippen LogP contribution is -2.47. The maximum atomic E-state index is 13.0. The number of carbonyl (C=O) groups is 2. The second-order valence-corrected chi connectivity index (χ2v) is 10.5. The molecule has 1 aliphatic heterocycles. The Balaban J connectivity index is 1.80. The van der Waals surface area contributed by atoms with Gasteiger partial charge in [-0.2, -0.15) is 0 Å². The summed E-state index contributed by atoms with van der Waals surface area (Å²) >= 11 is 6.17. The zero-order valence-corrected chi connectivity index (χ0v) is 20.3. The Labute approximate surface area is 198 Å². The summed E-state index contributed by atoms with van der Waals surface area (Å²) in [6.07, 6.45) is 0. The fourth-order valence-electron chi connectivity index (χ4n) is 3.14. The molecular formula is C22H26ClN3O6S. The van der Waals surface area contributed by atoms with Crippen LogP contribution in [0.5, 0.6) is 11.5 Å². The summed E-state index contributed by atoms with van der Waals surface area (Å²) < 4.78 is 36.9. The highest BCUT2D eigenvalue weighted by Gasteiger charge is 2.27. The molecule has 0 spiro atoms. The summed E-state index contributed by atoms with van der Waals surface area (Å²) in [6.45, 7) is 4.43. The van der Waals surface area contributed by atoms with E-state index in [4.69, 9.17) is 21.1 Å². The van der Waals surface area contributed by atoms with Crippen LogP contribution in [-0.2, 0) is 14.8 Å². The number of ether oxygens (including phenoxy) is 2. The highest BCUT2D eigenvalue weighted by molar-refractivity contribution is 7.89. The average Bonchev–Trinajstić information content (AvgIpc) is 2.76. The van der Waals surface area contributed by atoms with Crippen molar-refractivity contribution in [3.8, 4) is 11.5 Å². The van der Waals surface area contributed by atoms with Crippen molar-refractivity contribution in [2.24, 2.45) is 5.92 Å². The molecule has 1 atom stereocenters. The summed E-state index contributed by atoms with van der Waals surface area (Å²) in [5.74, 6) is -0.251. The molecule has 1 aliphatic rings. The minimum Gasteiger partial charge on any atom is -0.486 e. The van der Waals surface area contributed by atoms with Crippen molar-refractivity contribution in [2.75, 3.05) is 32.6 Å². The molecule has 0 fully saturated rings. The number of sulfonamides is 1. The monoisotopic (exact) mass is 495 g/mol. The third-order valence-corrected chi connectivity index (χ3v) is 7.15. The number of halogens is 1. The molecule has 2 N–H and O–H groups in total. The Morgan fingerprint density at radius 1 is 1.03 bits per heavy atom. The van der Waals surface area contributed by atoms with Crippen molar-refractivity contribution < 1.29 is 27.5 Å². The number of rotatable bonds is 7. The molecule has 0 radical (unpaired) electrons. The number of amides is 2. The predicted octanol–water partition coefficient (Wildman–Crippen LogP) is 2.75. The molecular weight excluding hydrogens is 470 g/mol. The third kappa shape index (κ3) is 5.58. The molecule has 2 aromatic carbocycles. The van der Waals surface area contributed by atoms with Crippen LogP contribution in [0.15, 0.2) is 41.3 Å². The van der Waals surface area contributed by atoms with Crippen LogP contribution in [0.4, 0.5) is 5.69 Å². The number of carbonyl (C=O) groups excluding carboxylic acids is 2. The van der Waals surface area contributed by atoms with E-state index >= 15 is 0 Å². The molecule has 33 heavy (non-hydrogen) atoms. The molecule has 2 aromatic rings. The molecule has 0 bridgehead atoms. The Hall–Kier alpha value is -2.82. The van der Waals surface area contributed by atoms with Crippen molar-refractivity contribution >= 4 is 39.1 Å². The molecule has 9 nitrogen and oxygen atoms in total. The second-order valence-electron chi connectivity index (χ2n) is 7.97. The standard InChI is InChI=1S/C22H26ClN3O6S/c1-13(2)20(22(28)24-14-5-8-18-19(11-14)32-10-9-31-18)25-21(27)16-12-15(6-7-17(16)23)33(29,30)26(3)4/h5-8,11-13,20H,9-10H2,1-4H3,(H,24,28)(H,25,27)/t20-/m1/s1. The molecule has 0 aliphatic carbocycles. The first-order chi connectivity index (χ1) is 15.5.